The summed E-state index contributed by atoms with van der Waals surface area (Å²) in [5.74, 6) is 0. The fourth-order valence-corrected chi connectivity index (χ4v) is 1.90. The molecule has 1 aromatic carbocycles. The molecule has 0 aliphatic rings. The lowest BCUT2D eigenvalue weighted by Gasteiger charge is -2.18. The molecular formula is C14H20N4. The van der Waals surface area contributed by atoms with Crippen LogP contribution in [0.5, 0.6) is 0 Å². The van der Waals surface area contributed by atoms with Crippen LogP contribution in [0.15, 0.2) is 30.9 Å². The van der Waals surface area contributed by atoms with Gasteiger partial charge in [0.15, 0.2) is 0 Å². The minimum absolute atomic E-state index is 0.369. The van der Waals surface area contributed by atoms with Gasteiger partial charge in [0, 0.05) is 11.7 Å². The van der Waals surface area contributed by atoms with Gasteiger partial charge in [-0.2, -0.15) is 5.10 Å². The molecule has 4 heteroatoms. The van der Waals surface area contributed by atoms with Gasteiger partial charge in [0.05, 0.1) is 6.54 Å². The maximum Gasteiger partial charge on any atom is 0.137 e. The van der Waals surface area contributed by atoms with Gasteiger partial charge in [-0.15, -0.1) is 0 Å². The molecule has 0 aliphatic carbocycles. The molecule has 0 fully saturated rings. The molecule has 1 aromatic heterocycles. The maximum atomic E-state index is 4.14. The molecule has 1 N–H and O–H groups in total. The molecule has 1 unspecified atom stereocenters. The predicted molar refractivity (Wildman–Crippen MR) is 73.6 cm³/mol. The van der Waals surface area contributed by atoms with E-state index in [0.717, 1.165) is 13.0 Å². The number of aromatic nitrogens is 3. The summed E-state index contributed by atoms with van der Waals surface area (Å²) < 4.78 is 1.86. The van der Waals surface area contributed by atoms with E-state index in [2.05, 4.69) is 54.4 Å². The van der Waals surface area contributed by atoms with E-state index >= 15 is 0 Å². The average Bonchev–Trinajstić information content (AvgIpc) is 2.86. The first-order valence-corrected chi connectivity index (χ1v) is 6.35. The zero-order valence-corrected chi connectivity index (χ0v) is 11.2. The van der Waals surface area contributed by atoms with Crippen molar-refractivity contribution in [2.75, 3.05) is 5.32 Å². The second-order valence-electron chi connectivity index (χ2n) is 4.67. The lowest BCUT2D eigenvalue weighted by molar-refractivity contribution is 0.523. The van der Waals surface area contributed by atoms with Crippen LogP contribution in [-0.4, -0.2) is 20.8 Å². The van der Waals surface area contributed by atoms with Crippen LogP contribution in [0, 0.1) is 13.8 Å². The quantitative estimate of drug-likeness (QED) is 0.879. The van der Waals surface area contributed by atoms with Crippen molar-refractivity contribution in [2.45, 2.75) is 39.8 Å². The number of rotatable bonds is 5. The zero-order chi connectivity index (χ0) is 13.0. The Labute approximate surface area is 108 Å². The first kappa shape index (κ1) is 12.6. The first-order valence-electron chi connectivity index (χ1n) is 6.35. The number of nitrogens with zero attached hydrogens (tertiary/aromatic N) is 3. The van der Waals surface area contributed by atoms with E-state index in [0.29, 0.717) is 6.04 Å². The lowest BCUT2D eigenvalue weighted by Crippen LogP contribution is -2.25. The molecule has 96 valence electrons. The minimum Gasteiger partial charge on any atom is -0.380 e. The molecule has 0 spiro atoms. The van der Waals surface area contributed by atoms with E-state index in [1.165, 1.54) is 16.8 Å². The van der Waals surface area contributed by atoms with Crippen LogP contribution in [0.4, 0.5) is 5.69 Å². The summed E-state index contributed by atoms with van der Waals surface area (Å²) >= 11 is 0. The summed E-state index contributed by atoms with van der Waals surface area (Å²) in [6.45, 7) is 7.28. The minimum atomic E-state index is 0.369. The van der Waals surface area contributed by atoms with E-state index in [1.54, 1.807) is 12.7 Å². The van der Waals surface area contributed by atoms with Gasteiger partial charge >= 0.3 is 0 Å². The topological polar surface area (TPSA) is 42.7 Å². The van der Waals surface area contributed by atoms with Gasteiger partial charge in [-0.1, -0.05) is 13.0 Å². The molecule has 0 aliphatic heterocycles. The third-order valence-corrected chi connectivity index (χ3v) is 3.24. The van der Waals surface area contributed by atoms with Gasteiger partial charge in [-0.05, 0) is 43.5 Å². The Morgan fingerprint density at radius 3 is 2.72 bits per heavy atom. The largest absolute Gasteiger partial charge is 0.380 e. The summed E-state index contributed by atoms with van der Waals surface area (Å²) in [6, 6.07) is 6.85. The SMILES string of the molecule is CCC(Cn1cncn1)Nc1ccc(C)c(C)c1. The maximum absolute atomic E-state index is 4.14. The van der Waals surface area contributed by atoms with Gasteiger partial charge < -0.3 is 5.32 Å². The number of nitrogens with one attached hydrogen (secondary N) is 1. The lowest BCUT2D eigenvalue weighted by atomic mass is 10.1. The number of hydrogen-bond donors (Lipinski definition) is 1. The summed E-state index contributed by atoms with van der Waals surface area (Å²) in [7, 11) is 0. The van der Waals surface area contributed by atoms with Gasteiger partial charge in [0.2, 0.25) is 0 Å². The van der Waals surface area contributed by atoms with Crippen LogP contribution >= 0.6 is 0 Å². The van der Waals surface area contributed by atoms with E-state index < -0.39 is 0 Å². The van der Waals surface area contributed by atoms with Crippen molar-refractivity contribution in [2.24, 2.45) is 0 Å². The Balaban J connectivity index is 2.03. The monoisotopic (exact) mass is 244 g/mol. The Morgan fingerprint density at radius 2 is 2.11 bits per heavy atom. The Hall–Kier alpha value is -1.84. The van der Waals surface area contributed by atoms with Crippen molar-refractivity contribution in [3.05, 3.63) is 42.0 Å². The van der Waals surface area contributed by atoms with Crippen LogP contribution < -0.4 is 5.32 Å². The summed E-state index contributed by atoms with van der Waals surface area (Å²) in [5.41, 5.74) is 3.81. The summed E-state index contributed by atoms with van der Waals surface area (Å²) in [6.07, 6.45) is 4.38. The molecule has 2 rings (SSSR count). The standard InChI is InChI=1S/C14H20N4/c1-4-13(8-18-10-15-9-16-18)17-14-6-5-11(2)12(3)7-14/h5-7,9-10,13,17H,4,8H2,1-3H3. The van der Waals surface area contributed by atoms with Gasteiger partial charge in [-0.3, -0.25) is 4.68 Å². The van der Waals surface area contributed by atoms with Crippen LogP contribution in [-0.2, 0) is 6.54 Å². The van der Waals surface area contributed by atoms with Crippen molar-refractivity contribution in [3.63, 3.8) is 0 Å². The second kappa shape index (κ2) is 5.67. The molecular weight excluding hydrogens is 224 g/mol. The number of aryl methyl sites for hydroxylation is 2. The van der Waals surface area contributed by atoms with Gasteiger partial charge in [0.1, 0.15) is 12.7 Å². The van der Waals surface area contributed by atoms with Crippen LogP contribution in [0.1, 0.15) is 24.5 Å². The highest BCUT2D eigenvalue weighted by atomic mass is 15.3. The van der Waals surface area contributed by atoms with E-state index in [4.69, 9.17) is 0 Å². The molecule has 4 nitrogen and oxygen atoms in total. The van der Waals surface area contributed by atoms with Crippen LogP contribution in [0.2, 0.25) is 0 Å². The molecule has 0 amide bonds. The zero-order valence-electron chi connectivity index (χ0n) is 11.2. The average molecular weight is 244 g/mol. The Morgan fingerprint density at radius 1 is 1.28 bits per heavy atom. The second-order valence-corrected chi connectivity index (χ2v) is 4.67. The number of anilines is 1. The predicted octanol–water partition coefficient (Wildman–Crippen LogP) is 2.79. The molecule has 2 aromatic rings. The highest BCUT2D eigenvalue weighted by Gasteiger charge is 2.07. The highest BCUT2D eigenvalue weighted by Crippen LogP contribution is 2.16. The van der Waals surface area contributed by atoms with Crippen molar-refractivity contribution in [1.29, 1.82) is 0 Å². The summed E-state index contributed by atoms with van der Waals surface area (Å²) in [5, 5.41) is 7.69. The highest BCUT2D eigenvalue weighted by molar-refractivity contribution is 5.48. The molecule has 18 heavy (non-hydrogen) atoms. The van der Waals surface area contributed by atoms with E-state index in [9.17, 15) is 0 Å². The molecule has 0 saturated heterocycles. The van der Waals surface area contributed by atoms with Gasteiger partial charge in [-0.25, -0.2) is 4.98 Å². The molecule has 0 bridgehead atoms. The van der Waals surface area contributed by atoms with Crippen molar-refractivity contribution in [1.82, 2.24) is 14.8 Å². The first-order chi connectivity index (χ1) is 8.69. The van der Waals surface area contributed by atoms with Crippen molar-refractivity contribution >= 4 is 5.69 Å². The van der Waals surface area contributed by atoms with Crippen molar-refractivity contribution < 1.29 is 0 Å². The number of hydrogen-bond acceptors (Lipinski definition) is 3. The number of benzene rings is 1. The fourth-order valence-electron chi connectivity index (χ4n) is 1.90. The Bertz CT molecular complexity index is 491. The third-order valence-electron chi connectivity index (χ3n) is 3.24. The summed E-state index contributed by atoms with van der Waals surface area (Å²) in [4.78, 5) is 3.97. The van der Waals surface area contributed by atoms with Crippen molar-refractivity contribution in [3.8, 4) is 0 Å². The smallest absolute Gasteiger partial charge is 0.137 e. The third kappa shape index (κ3) is 3.09. The normalized spacial score (nSPS) is 12.4. The molecule has 1 atom stereocenters. The fraction of sp³-hybridized carbons (Fsp3) is 0.429. The van der Waals surface area contributed by atoms with E-state index in [1.807, 2.05) is 4.68 Å². The molecule has 1 heterocycles. The van der Waals surface area contributed by atoms with Crippen LogP contribution in [0.25, 0.3) is 0 Å². The van der Waals surface area contributed by atoms with E-state index in [-0.39, 0.29) is 0 Å². The molecule has 0 saturated carbocycles. The molecule has 0 radical (unpaired) electrons. The van der Waals surface area contributed by atoms with Gasteiger partial charge in [0.25, 0.3) is 0 Å². The van der Waals surface area contributed by atoms with Crippen LogP contribution in [0.3, 0.4) is 0 Å². The Kier molecular flexibility index (Phi) is 3.97.